The van der Waals surface area contributed by atoms with Crippen molar-refractivity contribution in [2.45, 2.75) is 18.8 Å². The second kappa shape index (κ2) is 6.11. The number of carbonyl (C=O) groups excluding carboxylic acids is 2. The van der Waals surface area contributed by atoms with Crippen LogP contribution in [-0.4, -0.2) is 61.2 Å². The van der Waals surface area contributed by atoms with Gasteiger partial charge in [0.05, 0.1) is 0 Å². The van der Waals surface area contributed by atoms with Gasteiger partial charge in [-0.15, -0.1) is 0 Å². The van der Waals surface area contributed by atoms with Gasteiger partial charge in [0.15, 0.2) is 0 Å². The zero-order valence-electron chi connectivity index (χ0n) is 10.1. The standard InChI is InChI=1S/C9H12F6N2O2/c1-16(6(18)8(10,11)12)4-3-5-17(2)7(19)9(13,14)15/h3-5H2,1-2H3. The van der Waals surface area contributed by atoms with Crippen molar-refractivity contribution >= 4 is 11.8 Å². The van der Waals surface area contributed by atoms with Gasteiger partial charge in [-0.1, -0.05) is 0 Å². The van der Waals surface area contributed by atoms with Crippen molar-refractivity contribution in [2.24, 2.45) is 0 Å². The number of halogens is 6. The molecule has 0 atom stereocenters. The summed E-state index contributed by atoms with van der Waals surface area (Å²) in [7, 11) is 1.75. The van der Waals surface area contributed by atoms with E-state index < -0.39 is 37.3 Å². The van der Waals surface area contributed by atoms with Crippen LogP contribution >= 0.6 is 0 Å². The molecule has 0 bridgehead atoms. The summed E-state index contributed by atoms with van der Waals surface area (Å²) in [6, 6.07) is 0. The van der Waals surface area contributed by atoms with Gasteiger partial charge in [-0.05, 0) is 6.42 Å². The predicted octanol–water partition coefficient (Wildman–Crippen LogP) is 1.42. The SMILES string of the molecule is CN(CCCN(C)C(=O)C(F)(F)F)C(=O)C(F)(F)F. The first-order chi connectivity index (χ1) is 8.37. The van der Waals surface area contributed by atoms with Crippen LogP contribution in [0.5, 0.6) is 0 Å². The highest BCUT2D eigenvalue weighted by atomic mass is 19.4. The summed E-state index contributed by atoms with van der Waals surface area (Å²) in [5.74, 6) is -4.17. The fourth-order valence-electron chi connectivity index (χ4n) is 1.18. The molecule has 2 amide bonds. The Kier molecular flexibility index (Phi) is 5.63. The summed E-state index contributed by atoms with van der Waals surface area (Å²) >= 11 is 0. The normalized spacial score (nSPS) is 12.2. The Morgan fingerprint density at radius 3 is 1.26 bits per heavy atom. The molecule has 4 nitrogen and oxygen atoms in total. The lowest BCUT2D eigenvalue weighted by Crippen LogP contribution is -2.42. The molecule has 0 aromatic heterocycles. The Morgan fingerprint density at radius 1 is 0.789 bits per heavy atom. The number of alkyl halides is 6. The van der Waals surface area contributed by atoms with Crippen LogP contribution in [0.1, 0.15) is 6.42 Å². The van der Waals surface area contributed by atoms with Crippen LogP contribution in [0.2, 0.25) is 0 Å². The van der Waals surface area contributed by atoms with Gasteiger partial charge in [0, 0.05) is 27.2 Å². The van der Waals surface area contributed by atoms with Gasteiger partial charge >= 0.3 is 24.2 Å². The Labute approximate surface area is 104 Å². The van der Waals surface area contributed by atoms with Crippen molar-refractivity contribution in [3.8, 4) is 0 Å². The third-order valence-electron chi connectivity index (χ3n) is 2.17. The van der Waals surface area contributed by atoms with E-state index in [-0.39, 0.29) is 6.42 Å². The van der Waals surface area contributed by atoms with E-state index in [1.165, 1.54) is 0 Å². The molecule has 0 fully saturated rings. The molecule has 10 heteroatoms. The lowest BCUT2D eigenvalue weighted by molar-refractivity contribution is -0.185. The first-order valence-corrected chi connectivity index (χ1v) is 5.02. The maximum absolute atomic E-state index is 12.0. The maximum Gasteiger partial charge on any atom is 0.471 e. The molecule has 0 rings (SSSR count). The lowest BCUT2D eigenvalue weighted by Gasteiger charge is -2.22. The van der Waals surface area contributed by atoms with E-state index in [1.807, 2.05) is 0 Å². The van der Waals surface area contributed by atoms with Crippen LogP contribution in [0.15, 0.2) is 0 Å². The van der Waals surface area contributed by atoms with Crippen LogP contribution in [0.4, 0.5) is 26.3 Å². The van der Waals surface area contributed by atoms with Crippen molar-refractivity contribution in [2.75, 3.05) is 27.2 Å². The van der Waals surface area contributed by atoms with Gasteiger partial charge in [-0.25, -0.2) is 0 Å². The molecule has 0 aromatic rings. The quantitative estimate of drug-likeness (QED) is 0.736. The third kappa shape index (κ3) is 5.79. The van der Waals surface area contributed by atoms with Crippen LogP contribution in [0.3, 0.4) is 0 Å². The fraction of sp³-hybridized carbons (Fsp3) is 0.778. The molecule has 0 radical (unpaired) electrons. The molecule has 0 aliphatic carbocycles. The van der Waals surface area contributed by atoms with Gasteiger partial charge in [0.25, 0.3) is 0 Å². The Bertz CT molecular complexity index is 307. The molecule has 0 heterocycles. The molecule has 0 saturated carbocycles. The monoisotopic (exact) mass is 294 g/mol. The van der Waals surface area contributed by atoms with Gasteiger partial charge in [-0.2, -0.15) is 26.3 Å². The van der Waals surface area contributed by atoms with Gasteiger partial charge in [0.1, 0.15) is 0 Å². The van der Waals surface area contributed by atoms with Crippen molar-refractivity contribution in [3.63, 3.8) is 0 Å². The van der Waals surface area contributed by atoms with Crippen LogP contribution in [0, 0.1) is 0 Å². The van der Waals surface area contributed by atoms with E-state index in [9.17, 15) is 35.9 Å². The van der Waals surface area contributed by atoms with Crippen molar-refractivity contribution < 1.29 is 35.9 Å². The molecule has 112 valence electrons. The van der Waals surface area contributed by atoms with E-state index >= 15 is 0 Å². The summed E-state index contributed by atoms with van der Waals surface area (Å²) < 4.78 is 71.8. The van der Waals surface area contributed by atoms with E-state index in [2.05, 4.69) is 0 Å². The predicted molar refractivity (Wildman–Crippen MR) is 52.0 cm³/mol. The summed E-state index contributed by atoms with van der Waals surface area (Å²) in [5, 5.41) is 0. The Balaban J connectivity index is 4.18. The molecular formula is C9H12F6N2O2. The largest absolute Gasteiger partial charge is 0.471 e. The van der Waals surface area contributed by atoms with Crippen LogP contribution in [0.25, 0.3) is 0 Å². The molecule has 0 aliphatic heterocycles. The number of amides is 2. The highest BCUT2D eigenvalue weighted by Gasteiger charge is 2.42. The van der Waals surface area contributed by atoms with E-state index in [1.54, 1.807) is 0 Å². The zero-order chi connectivity index (χ0) is 15.4. The van der Waals surface area contributed by atoms with Crippen molar-refractivity contribution in [1.82, 2.24) is 9.80 Å². The summed E-state index contributed by atoms with van der Waals surface area (Å²) in [6.45, 7) is -0.818. The minimum atomic E-state index is -5.03. The second-order valence-electron chi connectivity index (χ2n) is 3.80. The number of hydrogen-bond donors (Lipinski definition) is 0. The van der Waals surface area contributed by atoms with Crippen molar-refractivity contribution in [3.05, 3.63) is 0 Å². The van der Waals surface area contributed by atoms with Gasteiger partial charge in [0.2, 0.25) is 0 Å². The van der Waals surface area contributed by atoms with Gasteiger partial charge < -0.3 is 9.80 Å². The summed E-state index contributed by atoms with van der Waals surface area (Å²) in [5.41, 5.74) is 0. The first kappa shape index (κ1) is 17.5. The first-order valence-electron chi connectivity index (χ1n) is 5.02. The fourth-order valence-corrected chi connectivity index (χ4v) is 1.18. The third-order valence-corrected chi connectivity index (χ3v) is 2.17. The molecule has 0 saturated heterocycles. The zero-order valence-corrected chi connectivity index (χ0v) is 10.1. The smallest absolute Gasteiger partial charge is 0.338 e. The Morgan fingerprint density at radius 2 is 1.05 bits per heavy atom. The van der Waals surface area contributed by atoms with Crippen LogP contribution in [-0.2, 0) is 9.59 Å². The second-order valence-corrected chi connectivity index (χ2v) is 3.80. The summed E-state index contributed by atoms with van der Waals surface area (Å²) in [4.78, 5) is 22.0. The molecular weight excluding hydrogens is 282 g/mol. The maximum atomic E-state index is 12.0. The van der Waals surface area contributed by atoms with E-state index in [0.29, 0.717) is 9.80 Å². The number of hydrogen-bond acceptors (Lipinski definition) is 2. The van der Waals surface area contributed by atoms with Gasteiger partial charge in [-0.3, -0.25) is 9.59 Å². The molecule has 19 heavy (non-hydrogen) atoms. The van der Waals surface area contributed by atoms with Crippen molar-refractivity contribution in [1.29, 1.82) is 0 Å². The highest BCUT2D eigenvalue weighted by molar-refractivity contribution is 5.82. The molecule has 0 spiro atoms. The minimum absolute atomic E-state index is 0.198. The Hall–Kier alpha value is -1.48. The van der Waals surface area contributed by atoms with E-state index in [0.717, 1.165) is 14.1 Å². The number of rotatable bonds is 4. The molecule has 0 unspecified atom stereocenters. The van der Waals surface area contributed by atoms with Crippen LogP contribution < -0.4 is 0 Å². The number of nitrogens with zero attached hydrogens (tertiary/aromatic N) is 2. The average Bonchev–Trinajstić information content (AvgIpc) is 2.23. The summed E-state index contributed by atoms with van der Waals surface area (Å²) in [6.07, 6.45) is -10.2. The molecule has 0 N–H and O–H groups in total. The minimum Gasteiger partial charge on any atom is -0.338 e. The topological polar surface area (TPSA) is 40.6 Å². The molecule has 0 aliphatic rings. The molecule has 0 aromatic carbocycles. The highest BCUT2D eigenvalue weighted by Crippen LogP contribution is 2.19. The number of carbonyl (C=O) groups is 2. The van der Waals surface area contributed by atoms with E-state index in [4.69, 9.17) is 0 Å². The lowest BCUT2D eigenvalue weighted by atomic mass is 10.3. The average molecular weight is 294 g/mol.